The Labute approximate surface area is 86.4 Å². The highest BCUT2D eigenvalue weighted by Gasteiger charge is 2.37. The molecule has 1 atom stereocenters. The number of carbonyl (C=O) groups is 1. The number of allylic oxidation sites excluding steroid dienone is 2. The van der Waals surface area contributed by atoms with Crippen molar-refractivity contribution in [1.29, 1.82) is 0 Å². The van der Waals surface area contributed by atoms with Gasteiger partial charge in [0.25, 0.3) is 0 Å². The van der Waals surface area contributed by atoms with Crippen LogP contribution in [-0.4, -0.2) is 10.9 Å². The summed E-state index contributed by atoms with van der Waals surface area (Å²) in [6.45, 7) is 3.50. The number of aliphatic hydroxyl groups excluding tert-OH is 1. The highest BCUT2D eigenvalue weighted by Crippen LogP contribution is 2.40. The molecular weight excluding hydrogens is 195 g/mol. The zero-order valence-corrected chi connectivity index (χ0v) is 7.90. The number of carbonyl (C=O) groups excluding carboxylic acids is 1. The number of ketones is 1. The number of hydrogen-bond acceptors (Lipinski definition) is 2. The molecule has 3 heteroatoms. The Morgan fingerprint density at radius 3 is 2.33 bits per heavy atom. The average Bonchev–Trinajstić information content (AvgIpc) is 2.45. The molecule has 0 heterocycles. The van der Waals surface area contributed by atoms with Gasteiger partial charge in [-0.2, -0.15) is 0 Å². The number of halogens is 1. The van der Waals surface area contributed by atoms with Gasteiger partial charge < -0.3 is 5.11 Å². The van der Waals surface area contributed by atoms with Gasteiger partial charge in [0.15, 0.2) is 11.6 Å². The smallest absolute Gasteiger partial charge is 0.226 e. The lowest BCUT2D eigenvalue weighted by molar-refractivity contribution is -0.114. The molecule has 0 aliphatic heterocycles. The molecule has 0 saturated carbocycles. The summed E-state index contributed by atoms with van der Waals surface area (Å²) >= 11 is 0. The molecule has 0 amide bonds. The fourth-order valence-corrected chi connectivity index (χ4v) is 1.67. The Morgan fingerprint density at radius 1 is 1.27 bits per heavy atom. The molecule has 1 aromatic rings. The second-order valence-corrected chi connectivity index (χ2v) is 3.39. The maximum atomic E-state index is 13.5. The van der Waals surface area contributed by atoms with Gasteiger partial charge in [0.1, 0.15) is 0 Å². The van der Waals surface area contributed by atoms with Crippen molar-refractivity contribution in [3.05, 3.63) is 59.6 Å². The van der Waals surface area contributed by atoms with Gasteiger partial charge in [0.05, 0.1) is 5.92 Å². The Hall–Kier alpha value is -1.90. The third-order valence-electron chi connectivity index (χ3n) is 2.47. The zero-order chi connectivity index (χ0) is 11.0. The van der Waals surface area contributed by atoms with Crippen LogP contribution in [0.15, 0.2) is 54.1 Å². The first-order chi connectivity index (χ1) is 7.13. The molecule has 76 valence electrons. The van der Waals surface area contributed by atoms with Crippen LogP contribution >= 0.6 is 0 Å². The molecule has 0 saturated heterocycles. The van der Waals surface area contributed by atoms with E-state index in [1.54, 1.807) is 30.3 Å². The molecule has 1 N–H and O–H groups in total. The van der Waals surface area contributed by atoms with Gasteiger partial charge in [0, 0.05) is 5.57 Å². The van der Waals surface area contributed by atoms with Gasteiger partial charge in [-0.15, -0.1) is 0 Å². The molecule has 1 unspecified atom stereocenters. The molecule has 0 bridgehead atoms. The van der Waals surface area contributed by atoms with Crippen molar-refractivity contribution < 1.29 is 14.3 Å². The minimum Gasteiger partial charge on any atom is -0.502 e. The molecule has 1 aromatic carbocycles. The van der Waals surface area contributed by atoms with Crippen molar-refractivity contribution in [3.8, 4) is 0 Å². The number of aliphatic hydroxyl groups is 1. The maximum absolute atomic E-state index is 13.5. The molecule has 1 aliphatic rings. The number of rotatable bonds is 1. The summed E-state index contributed by atoms with van der Waals surface area (Å²) in [5.41, 5.74) is 0.702. The molecule has 2 nitrogen and oxygen atoms in total. The second-order valence-electron chi connectivity index (χ2n) is 3.39. The van der Waals surface area contributed by atoms with Gasteiger partial charge in [-0.05, 0) is 5.56 Å². The van der Waals surface area contributed by atoms with Gasteiger partial charge >= 0.3 is 0 Å². The minimum absolute atomic E-state index is 0.0798. The monoisotopic (exact) mass is 204 g/mol. The summed E-state index contributed by atoms with van der Waals surface area (Å²) in [6, 6.07) is 8.68. The zero-order valence-electron chi connectivity index (χ0n) is 7.90. The third-order valence-corrected chi connectivity index (χ3v) is 2.47. The molecule has 0 spiro atoms. The lowest BCUT2D eigenvalue weighted by atomic mass is 9.94. The molecule has 1 aliphatic carbocycles. The SMILES string of the molecule is C=C1C(=O)C(O)=C(F)C1c1ccccc1. The van der Waals surface area contributed by atoms with Crippen molar-refractivity contribution >= 4 is 5.78 Å². The minimum atomic E-state index is -0.821. The van der Waals surface area contributed by atoms with Gasteiger partial charge in [-0.25, -0.2) is 4.39 Å². The van der Waals surface area contributed by atoms with Crippen LogP contribution in [-0.2, 0) is 4.79 Å². The average molecular weight is 204 g/mol. The molecule has 2 rings (SSSR count). The fourth-order valence-electron chi connectivity index (χ4n) is 1.67. The van der Waals surface area contributed by atoms with Gasteiger partial charge in [-0.1, -0.05) is 36.9 Å². The number of Topliss-reactive ketones (excluding diaryl/α,β-unsaturated/α-hetero) is 1. The van der Waals surface area contributed by atoms with Crippen LogP contribution in [0.4, 0.5) is 4.39 Å². The van der Waals surface area contributed by atoms with E-state index >= 15 is 0 Å². The van der Waals surface area contributed by atoms with E-state index in [-0.39, 0.29) is 5.57 Å². The van der Waals surface area contributed by atoms with Crippen molar-refractivity contribution in [2.45, 2.75) is 5.92 Å². The normalized spacial score (nSPS) is 21.3. The van der Waals surface area contributed by atoms with Crippen LogP contribution in [0.2, 0.25) is 0 Å². The molecular formula is C12H9FO2. The summed E-state index contributed by atoms with van der Waals surface area (Å²) < 4.78 is 13.5. The molecule has 0 fully saturated rings. The maximum Gasteiger partial charge on any atom is 0.226 e. The van der Waals surface area contributed by atoms with E-state index in [1.807, 2.05) is 0 Å². The summed E-state index contributed by atoms with van der Waals surface area (Å²) in [5, 5.41) is 9.16. The van der Waals surface area contributed by atoms with E-state index in [9.17, 15) is 9.18 Å². The Kier molecular flexibility index (Phi) is 2.15. The van der Waals surface area contributed by atoms with Crippen molar-refractivity contribution in [3.63, 3.8) is 0 Å². The van der Waals surface area contributed by atoms with Gasteiger partial charge in [-0.3, -0.25) is 4.79 Å². The van der Waals surface area contributed by atoms with Crippen molar-refractivity contribution in [1.82, 2.24) is 0 Å². The quantitative estimate of drug-likeness (QED) is 0.714. The number of benzene rings is 1. The topological polar surface area (TPSA) is 37.3 Å². The van der Waals surface area contributed by atoms with Crippen molar-refractivity contribution in [2.75, 3.05) is 0 Å². The van der Waals surface area contributed by atoms with Crippen LogP contribution in [0.1, 0.15) is 11.5 Å². The van der Waals surface area contributed by atoms with Crippen LogP contribution in [0.25, 0.3) is 0 Å². The van der Waals surface area contributed by atoms with E-state index in [2.05, 4.69) is 6.58 Å². The van der Waals surface area contributed by atoms with E-state index in [1.165, 1.54) is 0 Å². The first-order valence-corrected chi connectivity index (χ1v) is 4.50. The predicted octanol–water partition coefficient (Wildman–Crippen LogP) is 2.65. The fraction of sp³-hybridized carbons (Fsp3) is 0.0833. The highest BCUT2D eigenvalue weighted by molar-refractivity contribution is 6.11. The summed E-state index contributed by atoms with van der Waals surface area (Å²) in [4.78, 5) is 11.3. The third kappa shape index (κ3) is 1.36. The van der Waals surface area contributed by atoms with Crippen LogP contribution in [0, 0.1) is 0 Å². The summed E-state index contributed by atoms with van der Waals surface area (Å²) in [5.74, 6) is -3.15. The Morgan fingerprint density at radius 2 is 1.87 bits per heavy atom. The van der Waals surface area contributed by atoms with E-state index < -0.39 is 23.3 Å². The first-order valence-electron chi connectivity index (χ1n) is 4.50. The highest BCUT2D eigenvalue weighted by atomic mass is 19.1. The Bertz CT molecular complexity index is 460. The van der Waals surface area contributed by atoms with Crippen molar-refractivity contribution in [2.24, 2.45) is 0 Å². The predicted molar refractivity (Wildman–Crippen MR) is 54.1 cm³/mol. The summed E-state index contributed by atoms with van der Waals surface area (Å²) in [6.07, 6.45) is 0. The lowest BCUT2D eigenvalue weighted by Crippen LogP contribution is -2.02. The van der Waals surface area contributed by atoms with Crippen LogP contribution < -0.4 is 0 Å². The van der Waals surface area contributed by atoms with Crippen LogP contribution in [0.5, 0.6) is 0 Å². The van der Waals surface area contributed by atoms with E-state index in [4.69, 9.17) is 5.11 Å². The lowest BCUT2D eigenvalue weighted by Gasteiger charge is -2.09. The Balaban J connectivity index is 2.49. The largest absolute Gasteiger partial charge is 0.502 e. The summed E-state index contributed by atoms with van der Waals surface area (Å²) in [7, 11) is 0. The first kappa shape index (κ1) is 9.65. The van der Waals surface area contributed by atoms with Gasteiger partial charge in [0.2, 0.25) is 5.78 Å². The molecule has 15 heavy (non-hydrogen) atoms. The van der Waals surface area contributed by atoms with E-state index in [0.29, 0.717) is 5.56 Å². The van der Waals surface area contributed by atoms with Crippen LogP contribution in [0.3, 0.4) is 0 Å². The molecule has 0 radical (unpaired) electrons. The van der Waals surface area contributed by atoms with E-state index in [0.717, 1.165) is 0 Å². The molecule has 0 aromatic heterocycles. The second kappa shape index (κ2) is 3.35. The number of hydrogen-bond donors (Lipinski definition) is 1. The standard InChI is InChI=1S/C12H9FO2/c1-7-9(8-5-3-2-4-6-8)10(13)12(15)11(7)14/h2-6,9,15H,1H2.